The van der Waals surface area contributed by atoms with Crippen LogP contribution in [0.5, 0.6) is 5.75 Å². The van der Waals surface area contributed by atoms with Crippen LogP contribution >= 0.6 is 11.6 Å². The minimum atomic E-state index is -1.58. The molecule has 0 amide bonds. The van der Waals surface area contributed by atoms with Gasteiger partial charge in [0.15, 0.2) is 0 Å². The summed E-state index contributed by atoms with van der Waals surface area (Å²) in [5.41, 5.74) is 2.64. The molecule has 6 heteroatoms. The molecule has 3 nitrogen and oxygen atoms in total. The van der Waals surface area contributed by atoms with Gasteiger partial charge in [0.2, 0.25) is 0 Å². The van der Waals surface area contributed by atoms with Crippen molar-refractivity contribution in [3.05, 3.63) is 57.4 Å². The maximum atomic E-state index is 14.5. The third-order valence-electron chi connectivity index (χ3n) is 4.09. The van der Waals surface area contributed by atoms with E-state index in [0.29, 0.717) is 22.6 Å². The van der Waals surface area contributed by atoms with Crippen LogP contribution in [0.15, 0.2) is 24.3 Å². The van der Waals surface area contributed by atoms with Crippen molar-refractivity contribution in [3.8, 4) is 5.75 Å². The lowest BCUT2D eigenvalue weighted by Gasteiger charge is -2.15. The first-order chi connectivity index (χ1) is 11.7. The second-order valence-electron chi connectivity index (χ2n) is 6.26. The van der Waals surface area contributed by atoms with Crippen LogP contribution in [0.2, 0.25) is 5.02 Å². The molecule has 0 aliphatic heterocycles. The standard InChI is InChI=1S/C19H20ClF2NO2/c1-10(2)13-6-12(4-5-17(13)24)7-14-11(3)19(22)16(8-15(14)20)23-9-18(21)25/h4-6,8,10,23-24H,7,9H2,1-3H3. The Bertz CT molecular complexity index is 806. The average Bonchev–Trinajstić information content (AvgIpc) is 2.54. The molecule has 2 aromatic rings. The van der Waals surface area contributed by atoms with E-state index in [2.05, 4.69) is 5.32 Å². The zero-order chi connectivity index (χ0) is 18.7. The summed E-state index contributed by atoms with van der Waals surface area (Å²) < 4.78 is 26.8. The van der Waals surface area contributed by atoms with Crippen LogP contribution in [0.1, 0.15) is 42.0 Å². The molecule has 0 spiro atoms. The molecule has 0 bridgehead atoms. The Morgan fingerprint density at radius 2 is 2.00 bits per heavy atom. The fraction of sp³-hybridized carbons (Fsp3) is 0.316. The predicted octanol–water partition coefficient (Wildman–Crippen LogP) is 5.12. The molecule has 0 aliphatic carbocycles. The molecule has 0 saturated carbocycles. The van der Waals surface area contributed by atoms with Gasteiger partial charge in [-0.2, -0.15) is 4.39 Å². The van der Waals surface area contributed by atoms with E-state index in [1.54, 1.807) is 19.1 Å². The third kappa shape index (κ3) is 4.48. The Morgan fingerprint density at radius 3 is 2.60 bits per heavy atom. The van der Waals surface area contributed by atoms with Gasteiger partial charge in [-0.15, -0.1) is 0 Å². The summed E-state index contributed by atoms with van der Waals surface area (Å²) in [6, 6.07) is 5.03. The molecule has 2 aromatic carbocycles. The zero-order valence-electron chi connectivity index (χ0n) is 14.3. The smallest absolute Gasteiger partial charge is 0.320 e. The number of benzene rings is 2. The number of anilines is 1. The molecule has 0 aliphatic rings. The van der Waals surface area contributed by atoms with Crippen molar-refractivity contribution in [1.82, 2.24) is 0 Å². The van der Waals surface area contributed by atoms with Crippen LogP contribution in [-0.2, 0) is 11.2 Å². The summed E-state index contributed by atoms with van der Waals surface area (Å²) in [5.74, 6) is -0.190. The number of halogens is 3. The molecule has 2 N–H and O–H groups in total. The lowest BCUT2D eigenvalue weighted by atomic mass is 9.94. The molecule has 0 aromatic heterocycles. The number of aromatic hydroxyl groups is 1. The molecule has 0 radical (unpaired) electrons. The molecule has 2 rings (SSSR count). The van der Waals surface area contributed by atoms with Crippen molar-refractivity contribution in [1.29, 1.82) is 0 Å². The van der Waals surface area contributed by atoms with Gasteiger partial charge in [0.1, 0.15) is 18.1 Å². The lowest BCUT2D eigenvalue weighted by molar-refractivity contribution is -0.127. The van der Waals surface area contributed by atoms with Crippen molar-refractivity contribution >= 4 is 23.3 Å². The van der Waals surface area contributed by atoms with Gasteiger partial charge in [-0.3, -0.25) is 4.79 Å². The number of carbonyl (C=O) groups excluding carboxylic acids is 1. The third-order valence-corrected chi connectivity index (χ3v) is 4.43. The van der Waals surface area contributed by atoms with Crippen LogP contribution in [0.25, 0.3) is 0 Å². The Balaban J connectivity index is 2.36. The van der Waals surface area contributed by atoms with E-state index in [4.69, 9.17) is 11.6 Å². The summed E-state index contributed by atoms with van der Waals surface area (Å²) in [6.45, 7) is 4.93. The Labute approximate surface area is 150 Å². The van der Waals surface area contributed by atoms with E-state index < -0.39 is 18.4 Å². The molecule has 0 saturated heterocycles. The van der Waals surface area contributed by atoms with Gasteiger partial charge in [-0.1, -0.05) is 37.6 Å². The number of hydrogen-bond donors (Lipinski definition) is 2. The Morgan fingerprint density at radius 1 is 1.32 bits per heavy atom. The summed E-state index contributed by atoms with van der Waals surface area (Å²) in [6.07, 6.45) is 0.393. The van der Waals surface area contributed by atoms with Crippen molar-refractivity contribution in [2.24, 2.45) is 0 Å². The minimum absolute atomic E-state index is 0.00849. The number of rotatable bonds is 6. The predicted molar refractivity (Wildman–Crippen MR) is 95.8 cm³/mol. The number of nitrogens with one attached hydrogen (secondary N) is 1. The molecule has 0 fully saturated rings. The second-order valence-corrected chi connectivity index (χ2v) is 6.66. The Kier molecular flexibility index (Phi) is 6.01. The maximum Gasteiger partial charge on any atom is 0.320 e. The number of carbonyl (C=O) groups is 1. The monoisotopic (exact) mass is 367 g/mol. The van der Waals surface area contributed by atoms with Crippen LogP contribution in [-0.4, -0.2) is 17.7 Å². The van der Waals surface area contributed by atoms with Gasteiger partial charge < -0.3 is 10.4 Å². The van der Waals surface area contributed by atoms with Crippen molar-refractivity contribution in [2.45, 2.75) is 33.1 Å². The quantitative estimate of drug-likeness (QED) is 0.697. The molecule has 134 valence electrons. The average molecular weight is 368 g/mol. The first kappa shape index (κ1) is 19.2. The largest absolute Gasteiger partial charge is 0.508 e. The van der Waals surface area contributed by atoms with Gasteiger partial charge in [0, 0.05) is 5.02 Å². The number of phenols is 1. The fourth-order valence-corrected chi connectivity index (χ4v) is 3.00. The topological polar surface area (TPSA) is 49.3 Å². The first-order valence-corrected chi connectivity index (χ1v) is 8.30. The van der Waals surface area contributed by atoms with Gasteiger partial charge in [0.25, 0.3) is 0 Å². The normalized spacial score (nSPS) is 11.0. The second kappa shape index (κ2) is 7.83. The van der Waals surface area contributed by atoms with Crippen molar-refractivity contribution < 1.29 is 18.7 Å². The number of phenolic OH excluding ortho intramolecular Hbond substituents is 1. The van der Waals surface area contributed by atoms with Crippen LogP contribution < -0.4 is 5.32 Å². The molecular formula is C19H20ClF2NO2. The van der Waals surface area contributed by atoms with E-state index in [1.165, 1.54) is 6.07 Å². The van der Waals surface area contributed by atoms with E-state index >= 15 is 0 Å². The summed E-state index contributed by atoms with van der Waals surface area (Å²) >= 11 is 6.27. The summed E-state index contributed by atoms with van der Waals surface area (Å²) in [5, 5.41) is 12.6. The molecule has 0 atom stereocenters. The Hall–Kier alpha value is -2.14. The highest BCUT2D eigenvalue weighted by atomic mass is 35.5. The molecule has 0 heterocycles. The molecule has 25 heavy (non-hydrogen) atoms. The van der Waals surface area contributed by atoms with Crippen LogP contribution in [0, 0.1) is 12.7 Å². The van der Waals surface area contributed by atoms with Crippen LogP contribution in [0.3, 0.4) is 0 Å². The molecular weight excluding hydrogens is 348 g/mol. The van der Waals surface area contributed by atoms with Gasteiger partial charge in [-0.05, 0) is 53.6 Å². The highest BCUT2D eigenvalue weighted by molar-refractivity contribution is 6.31. The first-order valence-electron chi connectivity index (χ1n) is 7.92. The van der Waals surface area contributed by atoms with E-state index in [-0.39, 0.29) is 17.4 Å². The lowest BCUT2D eigenvalue weighted by Crippen LogP contribution is -2.11. The zero-order valence-corrected chi connectivity index (χ0v) is 15.0. The SMILES string of the molecule is Cc1c(F)c(NCC(=O)F)cc(Cl)c1Cc1ccc(O)c(C(C)C)c1. The summed E-state index contributed by atoms with van der Waals surface area (Å²) in [4.78, 5) is 10.4. The summed E-state index contributed by atoms with van der Waals surface area (Å²) in [7, 11) is 0. The van der Waals surface area contributed by atoms with E-state index in [9.17, 15) is 18.7 Å². The number of hydrogen-bond acceptors (Lipinski definition) is 3. The maximum absolute atomic E-state index is 14.5. The minimum Gasteiger partial charge on any atom is -0.508 e. The van der Waals surface area contributed by atoms with E-state index in [1.807, 2.05) is 19.9 Å². The van der Waals surface area contributed by atoms with Gasteiger partial charge in [-0.25, -0.2) is 4.39 Å². The van der Waals surface area contributed by atoms with Gasteiger partial charge >= 0.3 is 6.04 Å². The highest BCUT2D eigenvalue weighted by Gasteiger charge is 2.16. The molecule has 0 unspecified atom stereocenters. The van der Waals surface area contributed by atoms with Crippen molar-refractivity contribution in [3.63, 3.8) is 0 Å². The van der Waals surface area contributed by atoms with E-state index in [0.717, 1.165) is 11.1 Å². The van der Waals surface area contributed by atoms with Crippen molar-refractivity contribution in [2.75, 3.05) is 11.9 Å². The highest BCUT2D eigenvalue weighted by Crippen LogP contribution is 2.32. The van der Waals surface area contributed by atoms with Gasteiger partial charge in [0.05, 0.1) is 5.69 Å². The van der Waals surface area contributed by atoms with Crippen LogP contribution in [0.4, 0.5) is 14.5 Å². The fourth-order valence-electron chi connectivity index (χ4n) is 2.68.